The fraction of sp³-hybridized carbons (Fsp3) is 0.714. The van der Waals surface area contributed by atoms with Gasteiger partial charge < -0.3 is 15.0 Å². The third kappa shape index (κ3) is 3.42. The molecule has 2 aliphatic rings. The monoisotopic (exact) mass is 262 g/mol. The van der Waals surface area contributed by atoms with Crippen LogP contribution in [0.1, 0.15) is 18.4 Å². The highest BCUT2D eigenvalue weighted by Crippen LogP contribution is 2.19. The zero-order valence-corrected chi connectivity index (χ0v) is 11.3. The van der Waals surface area contributed by atoms with E-state index in [9.17, 15) is 0 Å². The average molecular weight is 262 g/mol. The molecule has 3 heterocycles. The molecule has 0 aliphatic carbocycles. The molecule has 0 unspecified atom stereocenters. The second kappa shape index (κ2) is 6.30. The van der Waals surface area contributed by atoms with E-state index in [0.29, 0.717) is 0 Å². The maximum absolute atomic E-state index is 5.39. The Labute approximate surface area is 114 Å². The third-order valence-electron chi connectivity index (χ3n) is 3.96. The molecule has 19 heavy (non-hydrogen) atoms. The topological polar surface area (TPSA) is 50.3 Å². The van der Waals surface area contributed by atoms with Crippen LogP contribution in [0.15, 0.2) is 12.4 Å². The lowest BCUT2D eigenvalue weighted by Crippen LogP contribution is -2.44. The molecule has 3 rings (SSSR count). The van der Waals surface area contributed by atoms with E-state index in [0.717, 1.165) is 57.7 Å². The van der Waals surface area contributed by atoms with Gasteiger partial charge in [-0.15, -0.1) is 0 Å². The van der Waals surface area contributed by atoms with Gasteiger partial charge in [-0.3, -0.25) is 0 Å². The molecule has 0 saturated carbocycles. The molecule has 0 amide bonds. The molecule has 0 spiro atoms. The number of hydrogen-bond acceptors (Lipinski definition) is 5. The first-order valence-corrected chi connectivity index (χ1v) is 7.26. The Kier molecular flexibility index (Phi) is 4.25. The van der Waals surface area contributed by atoms with Gasteiger partial charge in [0.05, 0.1) is 0 Å². The van der Waals surface area contributed by atoms with E-state index in [1.807, 2.05) is 12.4 Å². The van der Waals surface area contributed by atoms with Crippen molar-refractivity contribution in [2.24, 2.45) is 5.92 Å². The standard InChI is InChI=1S/C14H22N4O/c1-7-19-8-2-12(1)9-13-10-16-14(17-11-13)18-5-3-15-4-6-18/h10-12,15H,1-9H2. The number of anilines is 1. The molecule has 1 aromatic rings. The first kappa shape index (κ1) is 12.8. The SMILES string of the molecule is c1nc(N2CCNCC2)ncc1CC1CCOCC1. The van der Waals surface area contributed by atoms with Crippen molar-refractivity contribution in [3.05, 3.63) is 18.0 Å². The minimum atomic E-state index is 0.738. The minimum Gasteiger partial charge on any atom is -0.381 e. The van der Waals surface area contributed by atoms with Crippen LogP contribution in [0.3, 0.4) is 0 Å². The van der Waals surface area contributed by atoms with Crippen molar-refractivity contribution >= 4 is 5.95 Å². The van der Waals surface area contributed by atoms with E-state index >= 15 is 0 Å². The Morgan fingerprint density at radius 1 is 1.16 bits per heavy atom. The van der Waals surface area contributed by atoms with Crippen molar-refractivity contribution in [1.82, 2.24) is 15.3 Å². The maximum atomic E-state index is 5.39. The van der Waals surface area contributed by atoms with Crippen LogP contribution in [0.2, 0.25) is 0 Å². The lowest BCUT2D eigenvalue weighted by Gasteiger charge is -2.27. The Hall–Kier alpha value is -1.20. The number of nitrogens with zero attached hydrogens (tertiary/aromatic N) is 3. The van der Waals surface area contributed by atoms with E-state index in [1.54, 1.807) is 0 Å². The Morgan fingerprint density at radius 2 is 1.84 bits per heavy atom. The van der Waals surface area contributed by atoms with Crippen molar-refractivity contribution in [1.29, 1.82) is 0 Å². The lowest BCUT2D eigenvalue weighted by molar-refractivity contribution is 0.0665. The summed E-state index contributed by atoms with van der Waals surface area (Å²) in [6.45, 7) is 5.85. The largest absolute Gasteiger partial charge is 0.381 e. The van der Waals surface area contributed by atoms with Crippen LogP contribution < -0.4 is 10.2 Å². The predicted molar refractivity (Wildman–Crippen MR) is 74.4 cm³/mol. The molecule has 2 aliphatic heterocycles. The second-order valence-electron chi connectivity index (χ2n) is 5.39. The molecule has 5 nitrogen and oxygen atoms in total. The Balaban J connectivity index is 1.58. The van der Waals surface area contributed by atoms with Gasteiger partial charge in [-0.05, 0) is 30.7 Å². The van der Waals surface area contributed by atoms with Gasteiger partial charge in [0, 0.05) is 51.8 Å². The quantitative estimate of drug-likeness (QED) is 0.875. The van der Waals surface area contributed by atoms with Crippen LogP contribution in [0, 0.1) is 5.92 Å². The molecular formula is C14H22N4O. The molecule has 0 radical (unpaired) electrons. The number of rotatable bonds is 3. The van der Waals surface area contributed by atoms with Crippen LogP contribution in [-0.2, 0) is 11.2 Å². The molecule has 2 fully saturated rings. The van der Waals surface area contributed by atoms with Crippen LogP contribution in [0.4, 0.5) is 5.95 Å². The number of aromatic nitrogens is 2. The molecule has 0 aromatic carbocycles. The predicted octanol–water partition coefficient (Wildman–Crippen LogP) is 0.855. The summed E-state index contributed by atoms with van der Waals surface area (Å²) in [5.74, 6) is 1.61. The van der Waals surface area contributed by atoms with E-state index < -0.39 is 0 Å². The van der Waals surface area contributed by atoms with Crippen molar-refractivity contribution < 1.29 is 4.74 Å². The molecule has 5 heteroatoms. The molecule has 1 aromatic heterocycles. The fourth-order valence-electron chi connectivity index (χ4n) is 2.77. The summed E-state index contributed by atoms with van der Waals surface area (Å²) >= 11 is 0. The summed E-state index contributed by atoms with van der Waals surface area (Å²) in [5.41, 5.74) is 1.26. The van der Waals surface area contributed by atoms with Gasteiger partial charge in [0.25, 0.3) is 0 Å². The zero-order chi connectivity index (χ0) is 12.9. The van der Waals surface area contributed by atoms with Gasteiger partial charge in [-0.1, -0.05) is 0 Å². The van der Waals surface area contributed by atoms with E-state index in [4.69, 9.17) is 4.74 Å². The van der Waals surface area contributed by atoms with Crippen molar-refractivity contribution in [3.8, 4) is 0 Å². The number of ether oxygens (including phenoxy) is 1. The van der Waals surface area contributed by atoms with Gasteiger partial charge in [0.15, 0.2) is 0 Å². The van der Waals surface area contributed by atoms with Crippen LogP contribution >= 0.6 is 0 Å². The number of nitrogens with one attached hydrogen (secondary N) is 1. The first-order chi connectivity index (χ1) is 9.42. The number of piperazine rings is 1. The lowest BCUT2D eigenvalue weighted by atomic mass is 9.94. The van der Waals surface area contributed by atoms with E-state index in [-0.39, 0.29) is 0 Å². The summed E-state index contributed by atoms with van der Waals surface area (Å²) in [4.78, 5) is 11.3. The second-order valence-corrected chi connectivity index (χ2v) is 5.39. The molecular weight excluding hydrogens is 240 g/mol. The normalized spacial score (nSPS) is 21.6. The summed E-state index contributed by atoms with van der Waals surface area (Å²) in [6.07, 6.45) is 7.42. The molecule has 0 bridgehead atoms. The highest BCUT2D eigenvalue weighted by atomic mass is 16.5. The molecule has 104 valence electrons. The Bertz CT molecular complexity index is 383. The van der Waals surface area contributed by atoms with Crippen LogP contribution in [0.5, 0.6) is 0 Å². The Morgan fingerprint density at radius 3 is 2.53 bits per heavy atom. The van der Waals surface area contributed by atoms with Gasteiger partial charge >= 0.3 is 0 Å². The summed E-state index contributed by atoms with van der Waals surface area (Å²) in [7, 11) is 0. The van der Waals surface area contributed by atoms with Crippen LogP contribution in [0.25, 0.3) is 0 Å². The minimum absolute atomic E-state index is 0.738. The molecule has 2 saturated heterocycles. The summed E-state index contributed by atoms with van der Waals surface area (Å²) in [5, 5.41) is 3.34. The van der Waals surface area contributed by atoms with Crippen molar-refractivity contribution in [3.63, 3.8) is 0 Å². The molecule has 0 atom stereocenters. The highest BCUT2D eigenvalue weighted by molar-refractivity contribution is 5.30. The van der Waals surface area contributed by atoms with E-state index in [2.05, 4.69) is 20.2 Å². The summed E-state index contributed by atoms with van der Waals surface area (Å²) < 4.78 is 5.39. The number of hydrogen-bond donors (Lipinski definition) is 1. The van der Waals surface area contributed by atoms with E-state index in [1.165, 1.54) is 18.4 Å². The highest BCUT2D eigenvalue weighted by Gasteiger charge is 2.16. The van der Waals surface area contributed by atoms with Gasteiger partial charge in [0.1, 0.15) is 0 Å². The van der Waals surface area contributed by atoms with Crippen LogP contribution in [-0.4, -0.2) is 49.4 Å². The maximum Gasteiger partial charge on any atom is 0.225 e. The summed E-state index contributed by atoms with van der Waals surface area (Å²) in [6, 6.07) is 0. The smallest absolute Gasteiger partial charge is 0.225 e. The van der Waals surface area contributed by atoms with Gasteiger partial charge in [-0.25, -0.2) is 9.97 Å². The van der Waals surface area contributed by atoms with Gasteiger partial charge in [0.2, 0.25) is 5.95 Å². The fourth-order valence-corrected chi connectivity index (χ4v) is 2.77. The van der Waals surface area contributed by atoms with Gasteiger partial charge in [-0.2, -0.15) is 0 Å². The third-order valence-corrected chi connectivity index (χ3v) is 3.96. The van der Waals surface area contributed by atoms with Crippen molar-refractivity contribution in [2.75, 3.05) is 44.3 Å². The molecule has 1 N–H and O–H groups in total. The zero-order valence-electron chi connectivity index (χ0n) is 11.3. The average Bonchev–Trinajstić information content (AvgIpc) is 2.50. The van der Waals surface area contributed by atoms with Crippen molar-refractivity contribution in [2.45, 2.75) is 19.3 Å². The first-order valence-electron chi connectivity index (χ1n) is 7.26.